The normalized spacial score (nSPS) is 10.5. The zero-order chi connectivity index (χ0) is 16.3. The van der Waals surface area contributed by atoms with Crippen LogP contribution in [0, 0.1) is 13.8 Å². The van der Waals surface area contributed by atoms with Gasteiger partial charge < -0.3 is 10.4 Å². The van der Waals surface area contributed by atoms with Crippen LogP contribution in [-0.2, 0) is 17.8 Å². The van der Waals surface area contributed by atoms with Gasteiger partial charge in [-0.15, -0.1) is 0 Å². The molecule has 0 aliphatic rings. The molecule has 1 heterocycles. The summed E-state index contributed by atoms with van der Waals surface area (Å²) in [7, 11) is 0. The van der Waals surface area contributed by atoms with Gasteiger partial charge in [-0.25, -0.2) is 4.79 Å². The number of benzene rings is 1. The van der Waals surface area contributed by atoms with Crippen molar-refractivity contribution in [3.05, 3.63) is 46.8 Å². The topological polar surface area (TPSA) is 84.2 Å². The summed E-state index contributed by atoms with van der Waals surface area (Å²) in [4.78, 5) is 23.3. The summed E-state index contributed by atoms with van der Waals surface area (Å²) in [5.41, 5.74) is 2.89. The molecule has 0 atom stereocenters. The lowest BCUT2D eigenvalue weighted by Crippen LogP contribution is -2.16. The van der Waals surface area contributed by atoms with Gasteiger partial charge in [0.2, 0.25) is 5.91 Å². The zero-order valence-electron chi connectivity index (χ0n) is 12.9. The van der Waals surface area contributed by atoms with Crippen molar-refractivity contribution in [1.29, 1.82) is 0 Å². The summed E-state index contributed by atoms with van der Waals surface area (Å²) in [6, 6.07) is 5.05. The molecule has 116 valence electrons. The number of carbonyl (C=O) groups excluding carboxylic acids is 1. The number of aromatic nitrogens is 2. The lowest BCUT2D eigenvalue weighted by atomic mass is 10.0. The van der Waals surface area contributed by atoms with Crippen LogP contribution < -0.4 is 5.32 Å². The van der Waals surface area contributed by atoms with E-state index >= 15 is 0 Å². The summed E-state index contributed by atoms with van der Waals surface area (Å²) in [5.74, 6) is -1.22. The van der Waals surface area contributed by atoms with Crippen LogP contribution in [0.15, 0.2) is 24.4 Å². The predicted octanol–water partition coefficient (Wildman–Crippen LogP) is 2.40. The Balaban J connectivity index is 2.14. The number of nitrogens with one attached hydrogen (secondary N) is 1. The van der Waals surface area contributed by atoms with Crippen LogP contribution in [-0.4, -0.2) is 26.8 Å². The van der Waals surface area contributed by atoms with Gasteiger partial charge in [0.25, 0.3) is 0 Å². The molecule has 0 saturated heterocycles. The minimum absolute atomic E-state index is 0.155. The van der Waals surface area contributed by atoms with Crippen molar-refractivity contribution in [2.45, 2.75) is 33.7 Å². The monoisotopic (exact) mass is 301 g/mol. The highest BCUT2D eigenvalue weighted by Gasteiger charge is 2.13. The fraction of sp³-hybridized carbons (Fsp3) is 0.312. The largest absolute Gasteiger partial charge is 0.478 e. The molecule has 2 N–H and O–H groups in total. The van der Waals surface area contributed by atoms with E-state index in [1.54, 1.807) is 23.7 Å². The Morgan fingerprint density at radius 1 is 1.27 bits per heavy atom. The van der Waals surface area contributed by atoms with Crippen molar-refractivity contribution >= 4 is 17.6 Å². The number of anilines is 1. The third kappa shape index (κ3) is 3.52. The number of hydrogen-bond donors (Lipinski definition) is 2. The van der Waals surface area contributed by atoms with E-state index in [0.717, 1.165) is 12.1 Å². The van der Waals surface area contributed by atoms with Crippen molar-refractivity contribution in [2.75, 3.05) is 5.32 Å². The Bertz CT molecular complexity index is 719. The molecular formula is C16H19N3O3. The number of carbonyl (C=O) groups is 2. The number of aromatic carboxylic acids is 1. The molecular weight excluding hydrogens is 282 g/mol. The van der Waals surface area contributed by atoms with E-state index in [-0.39, 0.29) is 17.9 Å². The molecule has 0 fully saturated rings. The Morgan fingerprint density at radius 3 is 2.59 bits per heavy atom. The van der Waals surface area contributed by atoms with Gasteiger partial charge in [0, 0.05) is 18.4 Å². The molecule has 0 bridgehead atoms. The Labute approximate surface area is 128 Å². The fourth-order valence-electron chi connectivity index (χ4n) is 2.25. The molecule has 0 aliphatic carbocycles. The number of rotatable bonds is 5. The van der Waals surface area contributed by atoms with Crippen LogP contribution in [0.4, 0.5) is 5.69 Å². The SMILES string of the molecule is CCn1ccc(CC(=O)Nc2cc(C(=O)O)c(C)cc2C)n1. The Hall–Kier alpha value is -2.63. The average Bonchev–Trinajstić information content (AvgIpc) is 2.89. The molecule has 22 heavy (non-hydrogen) atoms. The zero-order valence-corrected chi connectivity index (χ0v) is 12.9. The molecule has 0 saturated carbocycles. The van der Waals surface area contributed by atoms with E-state index in [1.165, 1.54) is 6.07 Å². The first kappa shape index (κ1) is 15.8. The van der Waals surface area contributed by atoms with Gasteiger partial charge in [0.15, 0.2) is 0 Å². The van der Waals surface area contributed by atoms with Crippen molar-refractivity contribution in [1.82, 2.24) is 9.78 Å². The number of carboxylic acid groups (broad SMARTS) is 1. The summed E-state index contributed by atoms with van der Waals surface area (Å²) in [5, 5.41) is 16.2. The maximum atomic E-state index is 12.1. The molecule has 6 heteroatoms. The Morgan fingerprint density at radius 2 is 2.00 bits per heavy atom. The second-order valence-corrected chi connectivity index (χ2v) is 5.17. The van der Waals surface area contributed by atoms with Gasteiger partial charge >= 0.3 is 5.97 Å². The maximum absolute atomic E-state index is 12.1. The van der Waals surface area contributed by atoms with Crippen LogP contribution >= 0.6 is 0 Å². The summed E-state index contributed by atoms with van der Waals surface area (Å²) >= 11 is 0. The molecule has 1 amide bonds. The highest BCUT2D eigenvalue weighted by molar-refractivity contribution is 5.96. The first-order valence-corrected chi connectivity index (χ1v) is 7.07. The molecule has 0 radical (unpaired) electrons. The number of aryl methyl sites for hydroxylation is 3. The summed E-state index contributed by atoms with van der Waals surface area (Å²) in [6.07, 6.45) is 1.98. The van der Waals surface area contributed by atoms with Crippen LogP contribution in [0.3, 0.4) is 0 Å². The third-order valence-electron chi connectivity index (χ3n) is 3.44. The van der Waals surface area contributed by atoms with Gasteiger partial charge in [-0.05, 0) is 44.0 Å². The van der Waals surface area contributed by atoms with Crippen LogP contribution in [0.1, 0.15) is 34.1 Å². The quantitative estimate of drug-likeness (QED) is 0.888. The minimum Gasteiger partial charge on any atom is -0.478 e. The Kier molecular flexibility index (Phi) is 4.60. The standard InChI is InChI=1S/C16H19N3O3/c1-4-19-6-5-12(18-19)8-15(20)17-14-9-13(16(21)22)10(2)7-11(14)3/h5-7,9H,4,8H2,1-3H3,(H,17,20)(H,21,22). The van der Waals surface area contributed by atoms with Crippen molar-refractivity contribution in [2.24, 2.45) is 0 Å². The number of amides is 1. The molecule has 0 unspecified atom stereocenters. The highest BCUT2D eigenvalue weighted by atomic mass is 16.4. The van der Waals surface area contributed by atoms with E-state index in [2.05, 4.69) is 10.4 Å². The van der Waals surface area contributed by atoms with Gasteiger partial charge in [0.05, 0.1) is 17.7 Å². The van der Waals surface area contributed by atoms with E-state index in [9.17, 15) is 9.59 Å². The molecule has 0 aliphatic heterocycles. The van der Waals surface area contributed by atoms with Gasteiger partial charge in [-0.3, -0.25) is 9.48 Å². The maximum Gasteiger partial charge on any atom is 0.336 e. The van der Waals surface area contributed by atoms with Gasteiger partial charge in [0.1, 0.15) is 0 Å². The number of nitrogens with zero attached hydrogens (tertiary/aromatic N) is 2. The summed E-state index contributed by atoms with van der Waals surface area (Å²) < 4.78 is 1.75. The smallest absolute Gasteiger partial charge is 0.336 e. The van der Waals surface area contributed by atoms with Crippen LogP contribution in [0.25, 0.3) is 0 Å². The van der Waals surface area contributed by atoms with Crippen molar-refractivity contribution < 1.29 is 14.7 Å². The van der Waals surface area contributed by atoms with E-state index in [1.807, 2.05) is 20.0 Å². The first-order valence-electron chi connectivity index (χ1n) is 7.07. The average molecular weight is 301 g/mol. The van der Waals surface area contributed by atoms with E-state index in [0.29, 0.717) is 16.9 Å². The predicted molar refractivity (Wildman–Crippen MR) is 83.1 cm³/mol. The minimum atomic E-state index is -1.00. The third-order valence-corrected chi connectivity index (χ3v) is 3.44. The van der Waals surface area contributed by atoms with Crippen molar-refractivity contribution in [3.8, 4) is 0 Å². The lowest BCUT2D eigenvalue weighted by Gasteiger charge is -2.11. The molecule has 6 nitrogen and oxygen atoms in total. The van der Waals surface area contributed by atoms with E-state index < -0.39 is 5.97 Å². The van der Waals surface area contributed by atoms with Crippen LogP contribution in [0.5, 0.6) is 0 Å². The van der Waals surface area contributed by atoms with E-state index in [4.69, 9.17) is 5.11 Å². The second kappa shape index (κ2) is 6.43. The lowest BCUT2D eigenvalue weighted by molar-refractivity contribution is -0.115. The number of hydrogen-bond acceptors (Lipinski definition) is 3. The molecule has 1 aromatic carbocycles. The molecule has 0 spiro atoms. The highest BCUT2D eigenvalue weighted by Crippen LogP contribution is 2.21. The van der Waals surface area contributed by atoms with Gasteiger partial charge in [-0.1, -0.05) is 6.07 Å². The summed E-state index contributed by atoms with van der Waals surface area (Å²) in [6.45, 7) is 6.29. The molecule has 2 rings (SSSR count). The molecule has 1 aromatic heterocycles. The van der Waals surface area contributed by atoms with Gasteiger partial charge in [-0.2, -0.15) is 5.10 Å². The second-order valence-electron chi connectivity index (χ2n) is 5.17. The van der Waals surface area contributed by atoms with Crippen LogP contribution in [0.2, 0.25) is 0 Å². The fourth-order valence-corrected chi connectivity index (χ4v) is 2.25. The number of carboxylic acids is 1. The molecule has 2 aromatic rings. The van der Waals surface area contributed by atoms with Crippen molar-refractivity contribution in [3.63, 3.8) is 0 Å². The first-order chi connectivity index (χ1) is 10.4.